The first kappa shape index (κ1) is 16.6. The van der Waals surface area contributed by atoms with Crippen molar-refractivity contribution in [3.8, 4) is 0 Å². The van der Waals surface area contributed by atoms with Crippen LogP contribution in [0.2, 0.25) is 0 Å². The Morgan fingerprint density at radius 2 is 1.20 bits per heavy atom. The standard InChI is InChI=1S/Fe.Ni.O2P/c;;1-3-2/q;;+1. The SMILES string of the molecule is O=[P+]=O.[Fe].[Ni]. The smallest absolute Gasteiger partial charge is 0 e. The third kappa shape index (κ3) is 42.9. The summed E-state index contributed by atoms with van der Waals surface area (Å²) in [4.78, 5) is 0. The molecule has 0 amide bonds. The predicted molar refractivity (Wildman–Crippen MR) is 8.29 cm³/mol. The number of hydrogen-bond acceptors (Lipinski definition) is 2. The first-order chi connectivity index (χ1) is 1.41. The summed E-state index contributed by atoms with van der Waals surface area (Å²) in [5, 5.41) is 0. The van der Waals surface area contributed by atoms with Crippen molar-refractivity contribution in [1.82, 2.24) is 0 Å². The zero-order valence-corrected chi connectivity index (χ0v) is 4.92. The van der Waals surface area contributed by atoms with E-state index in [1.54, 1.807) is 0 Å². The van der Waals surface area contributed by atoms with Crippen molar-refractivity contribution in [2.75, 3.05) is 0 Å². The Hall–Kier alpha value is 1.04. The Kier molecular flexibility index (Phi) is 65.6. The first-order valence-electron chi connectivity index (χ1n) is 0.365. The van der Waals surface area contributed by atoms with Crippen molar-refractivity contribution >= 4 is 8.34 Å². The van der Waals surface area contributed by atoms with Crippen LogP contribution in [0.25, 0.3) is 0 Å². The van der Waals surface area contributed by atoms with E-state index < -0.39 is 8.34 Å². The summed E-state index contributed by atoms with van der Waals surface area (Å²) in [6.45, 7) is 0. The van der Waals surface area contributed by atoms with Crippen molar-refractivity contribution < 1.29 is 42.7 Å². The molecular formula is FeNiO2P+. The van der Waals surface area contributed by atoms with Gasteiger partial charge in [-0.1, -0.05) is 0 Å². The van der Waals surface area contributed by atoms with Crippen LogP contribution in [-0.2, 0) is 42.7 Å². The fourth-order valence-electron chi connectivity index (χ4n) is 0. The van der Waals surface area contributed by atoms with E-state index in [4.69, 9.17) is 9.13 Å². The molecule has 5 heavy (non-hydrogen) atoms. The monoisotopic (exact) mass is 177 g/mol. The minimum absolute atomic E-state index is 0. The van der Waals surface area contributed by atoms with Crippen LogP contribution >= 0.6 is 8.34 Å². The average Bonchev–Trinajstić information content (AvgIpc) is 0.918. The zero-order chi connectivity index (χ0) is 2.71. The quantitative estimate of drug-likeness (QED) is 0.402. The van der Waals surface area contributed by atoms with E-state index in [2.05, 4.69) is 0 Å². The zero-order valence-electron chi connectivity index (χ0n) is 1.93. The predicted octanol–water partition coefficient (Wildman–Crippen LogP) is 0.619. The summed E-state index contributed by atoms with van der Waals surface area (Å²) in [5.74, 6) is 0. The molecule has 0 aromatic heterocycles. The van der Waals surface area contributed by atoms with Gasteiger partial charge in [0.2, 0.25) is 0 Å². The van der Waals surface area contributed by atoms with E-state index in [1.807, 2.05) is 0 Å². The van der Waals surface area contributed by atoms with Crippen LogP contribution in [0.15, 0.2) is 0 Å². The molecule has 0 radical (unpaired) electrons. The molecule has 0 aromatic rings. The molecule has 0 bridgehead atoms. The summed E-state index contributed by atoms with van der Waals surface area (Å²) in [6.07, 6.45) is 0. The van der Waals surface area contributed by atoms with Crippen LogP contribution in [-0.4, -0.2) is 0 Å². The summed E-state index contributed by atoms with van der Waals surface area (Å²) in [7, 11) is -1.08. The fraction of sp³-hybridized carbons (Fsp3) is 0. The molecule has 0 aliphatic rings. The van der Waals surface area contributed by atoms with Crippen LogP contribution in [0.1, 0.15) is 0 Å². The van der Waals surface area contributed by atoms with Gasteiger partial charge in [-0.3, -0.25) is 0 Å². The van der Waals surface area contributed by atoms with Crippen LogP contribution < -0.4 is 0 Å². The Morgan fingerprint density at radius 1 is 1.20 bits per heavy atom. The van der Waals surface area contributed by atoms with Crippen molar-refractivity contribution in [2.45, 2.75) is 0 Å². The molecule has 34 valence electrons. The van der Waals surface area contributed by atoms with Crippen molar-refractivity contribution in [3.05, 3.63) is 0 Å². The van der Waals surface area contributed by atoms with Gasteiger partial charge in [0, 0.05) is 33.6 Å². The molecule has 0 saturated carbocycles. The van der Waals surface area contributed by atoms with E-state index >= 15 is 0 Å². The minimum atomic E-state index is -1.08. The maximum absolute atomic E-state index is 8.35. The maximum Gasteiger partial charge on any atom is 0 e. The van der Waals surface area contributed by atoms with Gasteiger partial charge < -0.3 is 0 Å². The molecule has 0 aliphatic heterocycles. The average molecular weight is 178 g/mol. The van der Waals surface area contributed by atoms with Gasteiger partial charge >= 0.3 is 17.5 Å². The minimum Gasteiger partial charge on any atom is 0 e. The van der Waals surface area contributed by atoms with Gasteiger partial charge in [0.25, 0.3) is 0 Å². The summed E-state index contributed by atoms with van der Waals surface area (Å²) in [5.41, 5.74) is 0. The van der Waals surface area contributed by atoms with Gasteiger partial charge in [-0.15, -0.1) is 0 Å². The van der Waals surface area contributed by atoms with Crippen LogP contribution in [0.4, 0.5) is 0 Å². The Bertz CT molecular complexity index is 30.6. The molecule has 0 spiro atoms. The Morgan fingerprint density at radius 3 is 1.20 bits per heavy atom. The summed E-state index contributed by atoms with van der Waals surface area (Å²) in [6, 6.07) is 0. The number of rotatable bonds is 0. The second-order valence-electron chi connectivity index (χ2n) is 0.0745. The molecule has 2 nitrogen and oxygen atoms in total. The Labute approximate surface area is 51.3 Å². The molecule has 0 aromatic carbocycles. The molecule has 0 fully saturated rings. The molecule has 0 rings (SSSR count). The molecule has 0 aliphatic carbocycles. The van der Waals surface area contributed by atoms with Crippen molar-refractivity contribution in [1.29, 1.82) is 0 Å². The van der Waals surface area contributed by atoms with E-state index in [0.29, 0.717) is 0 Å². The second-order valence-corrected chi connectivity index (χ2v) is 0.224. The van der Waals surface area contributed by atoms with Gasteiger partial charge in [-0.2, -0.15) is 0 Å². The van der Waals surface area contributed by atoms with Crippen LogP contribution in [0, 0.1) is 0 Å². The summed E-state index contributed by atoms with van der Waals surface area (Å²) < 4.78 is 16.7. The topological polar surface area (TPSA) is 34.1 Å². The molecule has 0 unspecified atom stereocenters. The molecule has 0 atom stereocenters. The number of hydrogen-bond donors (Lipinski definition) is 0. The molecule has 0 saturated heterocycles. The van der Waals surface area contributed by atoms with Gasteiger partial charge in [-0.25, -0.2) is 0 Å². The molecule has 5 heteroatoms. The van der Waals surface area contributed by atoms with E-state index in [9.17, 15) is 0 Å². The Balaban J connectivity index is -0.0000000200. The maximum atomic E-state index is 8.35. The van der Waals surface area contributed by atoms with Gasteiger partial charge in [0.15, 0.2) is 0 Å². The summed E-state index contributed by atoms with van der Waals surface area (Å²) >= 11 is 0. The van der Waals surface area contributed by atoms with E-state index in [-0.39, 0.29) is 33.6 Å². The normalized spacial score (nSPS) is 1.60. The molecular weight excluding hydrogens is 178 g/mol. The molecule has 0 heterocycles. The van der Waals surface area contributed by atoms with Crippen LogP contribution in [0.5, 0.6) is 0 Å². The largest absolute Gasteiger partial charge is 0 e. The second kappa shape index (κ2) is 19.7. The van der Waals surface area contributed by atoms with Gasteiger partial charge in [0.1, 0.15) is 0 Å². The van der Waals surface area contributed by atoms with E-state index in [0.717, 1.165) is 0 Å². The van der Waals surface area contributed by atoms with Gasteiger partial charge in [0.05, 0.1) is 0 Å². The first-order valence-corrected chi connectivity index (χ1v) is 1.10. The third-order valence-corrected chi connectivity index (χ3v) is 0. The van der Waals surface area contributed by atoms with Crippen molar-refractivity contribution in [3.63, 3.8) is 0 Å². The molecule has 0 N–H and O–H groups in total. The third-order valence-electron chi connectivity index (χ3n) is 0. The van der Waals surface area contributed by atoms with Crippen LogP contribution in [0.3, 0.4) is 0 Å². The fourth-order valence-corrected chi connectivity index (χ4v) is 0. The van der Waals surface area contributed by atoms with Crippen molar-refractivity contribution in [2.24, 2.45) is 0 Å². The van der Waals surface area contributed by atoms with E-state index in [1.165, 1.54) is 0 Å². The van der Waals surface area contributed by atoms with Gasteiger partial charge in [-0.05, 0) is 0 Å².